The number of ether oxygens (including phenoxy) is 3. The minimum Gasteiger partial charge on any atom is -0.493 e. The Morgan fingerprint density at radius 1 is 1.19 bits per heavy atom. The molecule has 4 aromatic rings. The highest BCUT2D eigenvalue weighted by Gasteiger charge is 2.21. The van der Waals surface area contributed by atoms with Crippen LogP contribution in [0.25, 0.3) is 10.8 Å². The monoisotopic (exact) mass is 455 g/mol. The maximum atomic E-state index is 12.7. The van der Waals surface area contributed by atoms with E-state index >= 15 is 0 Å². The van der Waals surface area contributed by atoms with Gasteiger partial charge in [0, 0.05) is 0 Å². The molecule has 0 aliphatic carbocycles. The van der Waals surface area contributed by atoms with Crippen LogP contribution in [-0.4, -0.2) is 28.4 Å². The molecule has 1 unspecified atom stereocenters. The summed E-state index contributed by atoms with van der Waals surface area (Å²) < 4.78 is 27.5. The molecule has 0 N–H and O–H groups in total. The summed E-state index contributed by atoms with van der Waals surface area (Å²) in [5.74, 6) is 1.63. The maximum Gasteiger partial charge on any atom is 0.339 e. The van der Waals surface area contributed by atoms with Crippen LogP contribution < -0.4 is 9.47 Å². The number of methoxy groups -OCH3 is 1. The van der Waals surface area contributed by atoms with Gasteiger partial charge in [-0.1, -0.05) is 11.2 Å². The van der Waals surface area contributed by atoms with Crippen LogP contribution in [0.15, 0.2) is 44.7 Å². The maximum absolute atomic E-state index is 12.7. The lowest BCUT2D eigenvalue weighted by atomic mass is 10.2. The Bertz CT molecular complexity index is 1190. The molecule has 0 bridgehead atoms. The van der Waals surface area contributed by atoms with Crippen molar-refractivity contribution in [2.75, 3.05) is 7.11 Å². The average molecular weight is 455 g/mol. The van der Waals surface area contributed by atoms with E-state index in [1.165, 1.54) is 18.4 Å². The molecular weight excluding hydrogens is 434 g/mol. The number of rotatable bonds is 8. The van der Waals surface area contributed by atoms with E-state index in [0.29, 0.717) is 28.7 Å². The molecule has 4 rings (SSSR count). The first-order valence-corrected chi connectivity index (χ1v) is 10.6. The molecule has 10 heteroatoms. The number of esters is 1. The second-order valence-electron chi connectivity index (χ2n) is 6.93. The Morgan fingerprint density at radius 2 is 2.03 bits per heavy atom. The van der Waals surface area contributed by atoms with E-state index < -0.39 is 12.1 Å². The minimum absolute atomic E-state index is 0.216. The van der Waals surface area contributed by atoms with Gasteiger partial charge in [0.05, 0.1) is 28.8 Å². The van der Waals surface area contributed by atoms with Gasteiger partial charge >= 0.3 is 5.97 Å². The van der Waals surface area contributed by atoms with Crippen molar-refractivity contribution < 1.29 is 27.9 Å². The molecule has 9 nitrogen and oxygen atoms in total. The molecule has 0 saturated carbocycles. The lowest BCUT2D eigenvalue weighted by Gasteiger charge is -2.13. The normalized spacial score (nSPS) is 11.9. The molecule has 3 aromatic heterocycles. The molecule has 1 atom stereocenters. The fourth-order valence-electron chi connectivity index (χ4n) is 2.95. The van der Waals surface area contributed by atoms with Gasteiger partial charge in [-0.15, -0.1) is 21.5 Å². The largest absolute Gasteiger partial charge is 0.493 e. The van der Waals surface area contributed by atoms with Crippen LogP contribution in [0.5, 0.6) is 11.5 Å². The SMILES string of the molecule is COc1cc(C(=O)OC(C)c2nnc(-c3cccs3)o2)ccc1OCc1c(C)noc1C. The molecule has 0 aliphatic rings. The van der Waals surface area contributed by atoms with E-state index in [1.807, 2.05) is 31.4 Å². The van der Waals surface area contributed by atoms with Crippen LogP contribution in [0.2, 0.25) is 0 Å². The highest BCUT2D eigenvalue weighted by atomic mass is 32.1. The zero-order valence-corrected chi connectivity index (χ0v) is 18.8. The number of carbonyl (C=O) groups excluding carboxylic acids is 1. The van der Waals surface area contributed by atoms with E-state index in [1.54, 1.807) is 25.1 Å². The van der Waals surface area contributed by atoms with E-state index in [-0.39, 0.29) is 12.5 Å². The number of carbonyl (C=O) groups is 1. The highest BCUT2D eigenvalue weighted by molar-refractivity contribution is 7.13. The quantitative estimate of drug-likeness (QED) is 0.342. The first kappa shape index (κ1) is 21.6. The third-order valence-electron chi connectivity index (χ3n) is 4.76. The summed E-state index contributed by atoms with van der Waals surface area (Å²) in [7, 11) is 1.50. The second kappa shape index (κ2) is 9.23. The predicted molar refractivity (Wildman–Crippen MR) is 115 cm³/mol. The summed E-state index contributed by atoms with van der Waals surface area (Å²) in [4.78, 5) is 13.5. The van der Waals surface area contributed by atoms with Crippen LogP contribution in [0.1, 0.15) is 46.3 Å². The molecule has 0 amide bonds. The fraction of sp³-hybridized carbons (Fsp3) is 0.273. The van der Waals surface area contributed by atoms with Crippen molar-refractivity contribution in [1.29, 1.82) is 0 Å². The number of aryl methyl sites for hydroxylation is 2. The van der Waals surface area contributed by atoms with Crippen molar-refractivity contribution in [2.45, 2.75) is 33.5 Å². The Morgan fingerprint density at radius 3 is 2.72 bits per heavy atom. The highest BCUT2D eigenvalue weighted by Crippen LogP contribution is 2.31. The summed E-state index contributed by atoms with van der Waals surface area (Å²) in [6.45, 7) is 5.60. The van der Waals surface area contributed by atoms with E-state index in [9.17, 15) is 4.79 Å². The summed E-state index contributed by atoms with van der Waals surface area (Å²) in [6, 6.07) is 8.58. The van der Waals surface area contributed by atoms with Gasteiger partial charge in [-0.3, -0.25) is 0 Å². The van der Waals surface area contributed by atoms with Gasteiger partial charge in [-0.25, -0.2) is 4.79 Å². The zero-order chi connectivity index (χ0) is 22.7. The molecule has 0 saturated heterocycles. The first-order valence-electron chi connectivity index (χ1n) is 9.77. The van der Waals surface area contributed by atoms with Crippen molar-refractivity contribution in [1.82, 2.24) is 15.4 Å². The van der Waals surface area contributed by atoms with Gasteiger partial charge in [-0.2, -0.15) is 0 Å². The molecule has 0 radical (unpaired) electrons. The molecule has 0 spiro atoms. The summed E-state index contributed by atoms with van der Waals surface area (Å²) in [5.41, 5.74) is 1.93. The van der Waals surface area contributed by atoms with Gasteiger partial charge in [0.1, 0.15) is 12.4 Å². The third kappa shape index (κ3) is 4.50. The van der Waals surface area contributed by atoms with Gasteiger partial charge < -0.3 is 23.2 Å². The number of nitrogens with zero attached hydrogens (tertiary/aromatic N) is 3. The van der Waals surface area contributed by atoms with Crippen molar-refractivity contribution in [3.63, 3.8) is 0 Å². The van der Waals surface area contributed by atoms with Gasteiger partial charge in [0.25, 0.3) is 11.8 Å². The number of thiophene rings is 1. The van der Waals surface area contributed by atoms with Crippen molar-refractivity contribution >= 4 is 17.3 Å². The number of hydrogen-bond acceptors (Lipinski definition) is 10. The van der Waals surface area contributed by atoms with Crippen LogP contribution in [0, 0.1) is 13.8 Å². The van der Waals surface area contributed by atoms with Gasteiger partial charge in [-0.05, 0) is 50.4 Å². The van der Waals surface area contributed by atoms with Crippen molar-refractivity contribution in [3.05, 3.63) is 64.2 Å². The minimum atomic E-state index is -0.717. The van der Waals surface area contributed by atoms with Crippen molar-refractivity contribution in [2.24, 2.45) is 0 Å². The average Bonchev–Trinajstić information content (AvgIpc) is 3.54. The van der Waals surface area contributed by atoms with Gasteiger partial charge in [0.15, 0.2) is 17.6 Å². The van der Waals surface area contributed by atoms with Crippen LogP contribution >= 0.6 is 11.3 Å². The topological polar surface area (TPSA) is 110 Å². The Labute approximate surface area is 187 Å². The molecule has 1 aromatic carbocycles. The Hall–Kier alpha value is -3.66. The summed E-state index contributed by atoms with van der Waals surface area (Å²) in [6.07, 6.45) is -0.717. The summed E-state index contributed by atoms with van der Waals surface area (Å²) >= 11 is 1.48. The van der Waals surface area contributed by atoms with Crippen LogP contribution in [-0.2, 0) is 11.3 Å². The van der Waals surface area contributed by atoms with E-state index in [2.05, 4.69) is 15.4 Å². The lowest BCUT2D eigenvalue weighted by Crippen LogP contribution is -2.10. The Kier molecular flexibility index (Phi) is 6.22. The zero-order valence-electron chi connectivity index (χ0n) is 17.9. The molecule has 166 valence electrons. The first-order chi connectivity index (χ1) is 15.5. The third-order valence-corrected chi connectivity index (χ3v) is 5.61. The lowest BCUT2D eigenvalue weighted by molar-refractivity contribution is 0.0279. The molecule has 3 heterocycles. The fourth-order valence-corrected chi connectivity index (χ4v) is 3.59. The van der Waals surface area contributed by atoms with Crippen molar-refractivity contribution in [3.8, 4) is 22.3 Å². The molecule has 0 aliphatic heterocycles. The standard InChI is InChI=1S/C22H21N3O6S/c1-12-16(13(2)31-25-12)11-28-17-8-7-15(10-18(17)27-4)22(26)29-14(3)20-23-24-21(30-20)19-6-5-9-32-19/h5-10,14H,11H2,1-4H3. The molecule has 32 heavy (non-hydrogen) atoms. The number of benzene rings is 1. The second-order valence-corrected chi connectivity index (χ2v) is 7.88. The van der Waals surface area contributed by atoms with Crippen LogP contribution in [0.3, 0.4) is 0 Å². The summed E-state index contributed by atoms with van der Waals surface area (Å²) in [5, 5.41) is 13.8. The molecular formula is C22H21N3O6S. The predicted octanol–water partition coefficient (Wildman–Crippen LogP) is 4.91. The number of aromatic nitrogens is 3. The molecule has 0 fully saturated rings. The van der Waals surface area contributed by atoms with E-state index in [0.717, 1.165) is 16.1 Å². The number of hydrogen-bond donors (Lipinski definition) is 0. The van der Waals surface area contributed by atoms with Crippen LogP contribution in [0.4, 0.5) is 0 Å². The Balaban J connectivity index is 1.43. The van der Waals surface area contributed by atoms with E-state index in [4.69, 9.17) is 23.2 Å². The smallest absolute Gasteiger partial charge is 0.339 e. The van der Waals surface area contributed by atoms with Gasteiger partial charge in [0.2, 0.25) is 0 Å².